The zero-order chi connectivity index (χ0) is 26.1. The number of nitro benzene ring substituents is 1. The monoisotopic (exact) mass is 529 g/mol. The predicted octanol–water partition coefficient (Wildman–Crippen LogP) is 6.26. The first-order valence-electron chi connectivity index (χ1n) is 10.9. The van der Waals surface area contributed by atoms with Crippen LogP contribution in [0, 0.1) is 10.1 Å². The van der Waals surface area contributed by atoms with Crippen LogP contribution in [0.4, 0.5) is 17.1 Å². The summed E-state index contributed by atoms with van der Waals surface area (Å²) in [5, 5.41) is 11.5. The Kier molecular flexibility index (Phi) is 6.39. The Morgan fingerprint density at radius 1 is 0.838 bits per heavy atom. The van der Waals surface area contributed by atoms with Gasteiger partial charge >= 0.3 is 0 Å². The molecule has 1 aliphatic rings. The molecule has 4 aromatic rings. The molecule has 0 N–H and O–H groups in total. The Morgan fingerprint density at radius 2 is 1.41 bits per heavy atom. The Bertz CT molecular complexity index is 1520. The third kappa shape index (κ3) is 4.53. The summed E-state index contributed by atoms with van der Waals surface area (Å²) in [5.74, 6) is -0.797. The summed E-state index contributed by atoms with van der Waals surface area (Å²) >= 11 is 11.8. The van der Waals surface area contributed by atoms with Crippen molar-refractivity contribution in [2.75, 3.05) is 9.80 Å². The van der Waals surface area contributed by atoms with Crippen LogP contribution >= 0.6 is 23.8 Å². The average Bonchev–Trinajstić information content (AvgIpc) is 3.36. The van der Waals surface area contributed by atoms with E-state index in [0.29, 0.717) is 16.9 Å². The van der Waals surface area contributed by atoms with E-state index < -0.39 is 16.7 Å². The fourth-order valence-electron chi connectivity index (χ4n) is 3.87. The van der Waals surface area contributed by atoms with Crippen LogP contribution < -0.4 is 9.80 Å². The van der Waals surface area contributed by atoms with Crippen molar-refractivity contribution in [1.29, 1.82) is 0 Å². The molecule has 182 valence electrons. The first-order valence-corrected chi connectivity index (χ1v) is 11.7. The van der Waals surface area contributed by atoms with E-state index in [9.17, 15) is 19.7 Å². The summed E-state index contributed by atoms with van der Waals surface area (Å²) in [7, 11) is 0. The molecule has 2 heterocycles. The van der Waals surface area contributed by atoms with Crippen molar-refractivity contribution < 1.29 is 18.9 Å². The molecule has 2 amide bonds. The van der Waals surface area contributed by atoms with Gasteiger partial charge in [-0.25, -0.2) is 0 Å². The van der Waals surface area contributed by atoms with E-state index >= 15 is 0 Å². The molecule has 5 rings (SSSR count). The number of nitro groups is 1. The van der Waals surface area contributed by atoms with E-state index in [4.69, 9.17) is 28.2 Å². The van der Waals surface area contributed by atoms with Crippen LogP contribution in [0.1, 0.15) is 5.76 Å². The zero-order valence-corrected chi connectivity index (χ0v) is 20.5. The number of amides is 2. The first kappa shape index (κ1) is 24.1. The molecule has 10 heteroatoms. The van der Waals surface area contributed by atoms with E-state index in [1.165, 1.54) is 34.1 Å². The number of nitrogens with zero attached hydrogens (tertiary/aromatic N) is 3. The Hall–Kier alpha value is -4.60. The van der Waals surface area contributed by atoms with Crippen molar-refractivity contribution in [3.05, 3.63) is 117 Å². The van der Waals surface area contributed by atoms with E-state index in [1.807, 2.05) is 0 Å². The van der Waals surface area contributed by atoms with Gasteiger partial charge in [-0.2, -0.15) is 0 Å². The molecule has 1 fully saturated rings. The number of hydrogen-bond acceptors (Lipinski definition) is 6. The fraction of sp³-hybridized carbons (Fsp3) is 0. The van der Waals surface area contributed by atoms with Crippen molar-refractivity contribution in [3.8, 4) is 11.3 Å². The second kappa shape index (κ2) is 9.81. The number of halogens is 1. The lowest BCUT2D eigenvalue weighted by Gasteiger charge is -2.36. The number of para-hydroxylation sites is 2. The average molecular weight is 530 g/mol. The van der Waals surface area contributed by atoms with Crippen molar-refractivity contribution in [2.45, 2.75) is 0 Å². The highest BCUT2D eigenvalue weighted by atomic mass is 35.5. The molecule has 1 saturated heterocycles. The smallest absolute Gasteiger partial charge is 0.270 e. The number of anilines is 2. The second-order valence-corrected chi connectivity index (χ2v) is 8.69. The maximum absolute atomic E-state index is 13.6. The third-order valence-corrected chi connectivity index (χ3v) is 6.31. The van der Waals surface area contributed by atoms with Gasteiger partial charge in [0, 0.05) is 17.7 Å². The summed E-state index contributed by atoms with van der Waals surface area (Å²) in [4.78, 5) is 40.4. The van der Waals surface area contributed by atoms with Crippen molar-refractivity contribution in [2.24, 2.45) is 0 Å². The van der Waals surface area contributed by atoms with E-state index in [1.54, 1.807) is 72.8 Å². The highest BCUT2D eigenvalue weighted by Crippen LogP contribution is 2.34. The fourth-order valence-corrected chi connectivity index (χ4v) is 4.46. The summed E-state index contributed by atoms with van der Waals surface area (Å²) < 4.78 is 5.84. The van der Waals surface area contributed by atoms with Crippen LogP contribution in [0.3, 0.4) is 0 Å². The highest BCUT2D eigenvalue weighted by Gasteiger charge is 2.41. The quantitative estimate of drug-likeness (QED) is 0.0995. The molecule has 1 aromatic heterocycles. The van der Waals surface area contributed by atoms with E-state index in [2.05, 4.69) is 0 Å². The summed E-state index contributed by atoms with van der Waals surface area (Å²) in [6.45, 7) is 0. The molecule has 0 aliphatic carbocycles. The lowest BCUT2D eigenvalue weighted by atomic mass is 10.1. The minimum absolute atomic E-state index is 0.0214. The van der Waals surface area contributed by atoms with Gasteiger partial charge in [0.2, 0.25) is 0 Å². The summed E-state index contributed by atoms with van der Waals surface area (Å²) in [6, 6.07) is 24.6. The minimum atomic E-state index is -0.611. The largest absolute Gasteiger partial charge is 0.457 e. The number of benzene rings is 3. The van der Waals surface area contributed by atoms with Crippen LogP contribution in [-0.4, -0.2) is 21.9 Å². The van der Waals surface area contributed by atoms with Gasteiger partial charge in [0.1, 0.15) is 17.1 Å². The van der Waals surface area contributed by atoms with Gasteiger partial charge in [0.05, 0.1) is 21.3 Å². The van der Waals surface area contributed by atoms with E-state index in [-0.39, 0.29) is 32.9 Å². The Morgan fingerprint density at radius 3 is 1.95 bits per heavy atom. The van der Waals surface area contributed by atoms with Gasteiger partial charge in [-0.15, -0.1) is 0 Å². The van der Waals surface area contributed by atoms with Crippen molar-refractivity contribution in [3.63, 3.8) is 0 Å². The predicted molar refractivity (Wildman–Crippen MR) is 144 cm³/mol. The van der Waals surface area contributed by atoms with Gasteiger partial charge in [-0.05, 0) is 60.8 Å². The molecule has 1 aliphatic heterocycles. The minimum Gasteiger partial charge on any atom is -0.457 e. The van der Waals surface area contributed by atoms with Gasteiger partial charge < -0.3 is 4.42 Å². The molecule has 0 atom stereocenters. The molecule has 37 heavy (non-hydrogen) atoms. The summed E-state index contributed by atoms with van der Waals surface area (Å²) in [6.07, 6.45) is 1.33. The van der Waals surface area contributed by atoms with Crippen molar-refractivity contribution in [1.82, 2.24) is 0 Å². The lowest BCUT2D eigenvalue weighted by molar-refractivity contribution is -0.384. The number of carbonyl (C=O) groups excluding carboxylic acids is 2. The van der Waals surface area contributed by atoms with Crippen LogP contribution in [0.2, 0.25) is 5.02 Å². The molecule has 0 bridgehead atoms. The first-order chi connectivity index (χ1) is 17.8. The van der Waals surface area contributed by atoms with Gasteiger partial charge in [0.25, 0.3) is 17.5 Å². The number of furan rings is 1. The number of hydrogen-bond donors (Lipinski definition) is 0. The molecular weight excluding hydrogens is 514 g/mol. The molecule has 8 nitrogen and oxygen atoms in total. The number of non-ortho nitro benzene ring substituents is 1. The topological polar surface area (TPSA) is 96.9 Å². The molecule has 0 saturated carbocycles. The lowest BCUT2D eigenvalue weighted by Crippen LogP contribution is -2.56. The molecule has 3 aromatic carbocycles. The molecule has 0 unspecified atom stereocenters. The number of rotatable bonds is 5. The number of thiocarbonyl (C=S) groups is 1. The van der Waals surface area contributed by atoms with Gasteiger partial charge in [0.15, 0.2) is 5.11 Å². The van der Waals surface area contributed by atoms with Crippen LogP contribution in [-0.2, 0) is 9.59 Å². The third-order valence-electron chi connectivity index (χ3n) is 5.62. The maximum atomic E-state index is 13.6. The molecular formula is C27H16ClN3O5S. The Balaban J connectivity index is 1.59. The highest BCUT2D eigenvalue weighted by molar-refractivity contribution is 7.81. The zero-order valence-electron chi connectivity index (χ0n) is 18.9. The normalized spacial score (nSPS) is 13.8. The standard InChI is InChI=1S/C27H16ClN3O5S/c28-23-13-11-19(31(34)35)15-21(23)24-14-12-20(36-24)16-22-25(32)29(17-7-3-1-4-8-17)27(37)30(26(22)33)18-9-5-2-6-10-18/h1-16H. The molecule has 0 radical (unpaired) electrons. The van der Waals surface area contributed by atoms with Gasteiger partial charge in [-0.3, -0.25) is 29.5 Å². The van der Waals surface area contributed by atoms with Crippen LogP contribution in [0.15, 0.2) is 101 Å². The van der Waals surface area contributed by atoms with Crippen LogP contribution in [0.25, 0.3) is 17.4 Å². The Labute approximate surface area is 221 Å². The second-order valence-electron chi connectivity index (χ2n) is 7.92. The van der Waals surface area contributed by atoms with E-state index in [0.717, 1.165) is 0 Å². The summed E-state index contributed by atoms with van der Waals surface area (Å²) in [5.41, 5.74) is 0.978. The van der Waals surface area contributed by atoms with Crippen LogP contribution in [0.5, 0.6) is 0 Å². The molecule has 0 spiro atoms. The van der Waals surface area contributed by atoms with Gasteiger partial charge in [-0.1, -0.05) is 48.0 Å². The maximum Gasteiger partial charge on any atom is 0.270 e. The van der Waals surface area contributed by atoms with Crippen molar-refractivity contribution >= 4 is 63.9 Å². The number of carbonyl (C=O) groups is 2. The SMILES string of the molecule is O=C1C(=Cc2ccc(-c3cc([N+](=O)[O-])ccc3Cl)o2)C(=O)N(c2ccccc2)C(=S)N1c1ccccc1.